The second kappa shape index (κ2) is 6.32. The Hall–Kier alpha value is -2.30. The summed E-state index contributed by atoms with van der Waals surface area (Å²) < 4.78 is 4.78. The van der Waals surface area contributed by atoms with E-state index in [0.717, 1.165) is 11.1 Å². The first kappa shape index (κ1) is 12.8. The third-order valence-corrected chi connectivity index (χ3v) is 1.77. The van der Waals surface area contributed by atoms with Crippen molar-refractivity contribution >= 4 is 17.7 Å². The summed E-state index contributed by atoms with van der Waals surface area (Å²) >= 11 is 0. The number of ether oxygens (including phenoxy) is 1. The first-order valence-electron chi connectivity index (χ1n) is 5.05. The zero-order chi connectivity index (χ0) is 12.7. The molecule has 1 rings (SSSR count). The standard InChI is InChI=1S/C12H13NO4/c1-3-11(14)17-13(12(15)16-4-2)10-8-6-5-7-9-10/h3,5-9H,1,4H2,2H3. The number of amides is 1. The molecule has 17 heavy (non-hydrogen) atoms. The summed E-state index contributed by atoms with van der Waals surface area (Å²) in [6.07, 6.45) is 0.212. The normalized spacial score (nSPS) is 9.24. The van der Waals surface area contributed by atoms with Gasteiger partial charge in [0.05, 0.1) is 12.3 Å². The van der Waals surface area contributed by atoms with Gasteiger partial charge in [0.2, 0.25) is 0 Å². The molecule has 0 bridgehead atoms. The lowest BCUT2D eigenvalue weighted by molar-refractivity contribution is -0.138. The maximum atomic E-state index is 11.6. The quantitative estimate of drug-likeness (QED) is 0.595. The van der Waals surface area contributed by atoms with Gasteiger partial charge in [-0.3, -0.25) is 0 Å². The van der Waals surface area contributed by atoms with Crippen LogP contribution in [-0.2, 0) is 14.4 Å². The van der Waals surface area contributed by atoms with Crippen LogP contribution in [0, 0.1) is 0 Å². The van der Waals surface area contributed by atoms with E-state index in [1.54, 1.807) is 37.3 Å². The molecule has 0 aliphatic rings. The van der Waals surface area contributed by atoms with E-state index in [-0.39, 0.29) is 6.61 Å². The summed E-state index contributed by atoms with van der Waals surface area (Å²) in [6.45, 7) is 5.11. The Bertz CT molecular complexity index is 402. The monoisotopic (exact) mass is 235 g/mol. The lowest BCUT2D eigenvalue weighted by Gasteiger charge is -2.19. The minimum Gasteiger partial charge on any atom is -0.447 e. The fourth-order valence-electron chi connectivity index (χ4n) is 1.07. The van der Waals surface area contributed by atoms with Crippen molar-refractivity contribution < 1.29 is 19.2 Å². The Kier molecular flexibility index (Phi) is 4.75. The fraction of sp³-hybridized carbons (Fsp3) is 0.167. The lowest BCUT2D eigenvalue weighted by Crippen LogP contribution is -2.33. The van der Waals surface area contributed by atoms with Crippen LogP contribution in [-0.4, -0.2) is 18.7 Å². The second-order valence-corrected chi connectivity index (χ2v) is 2.94. The molecule has 5 nitrogen and oxygen atoms in total. The van der Waals surface area contributed by atoms with Gasteiger partial charge in [0.25, 0.3) is 0 Å². The van der Waals surface area contributed by atoms with Crippen molar-refractivity contribution in [1.82, 2.24) is 0 Å². The van der Waals surface area contributed by atoms with Crippen LogP contribution in [0.1, 0.15) is 6.92 Å². The van der Waals surface area contributed by atoms with Crippen molar-refractivity contribution in [2.24, 2.45) is 0 Å². The largest absolute Gasteiger partial charge is 0.448 e. The van der Waals surface area contributed by atoms with E-state index in [2.05, 4.69) is 6.58 Å². The lowest BCUT2D eigenvalue weighted by atomic mass is 10.3. The van der Waals surface area contributed by atoms with Gasteiger partial charge in [0, 0.05) is 6.08 Å². The highest BCUT2D eigenvalue weighted by Crippen LogP contribution is 2.15. The number of carbonyl (C=O) groups excluding carboxylic acids is 2. The molecule has 90 valence electrons. The molecule has 0 saturated heterocycles. The Labute approximate surface area is 99.2 Å². The molecule has 0 heterocycles. The summed E-state index contributed by atoms with van der Waals surface area (Å²) in [7, 11) is 0. The number of anilines is 1. The number of hydroxylamine groups is 1. The second-order valence-electron chi connectivity index (χ2n) is 2.94. The first-order chi connectivity index (χ1) is 8.19. The van der Waals surface area contributed by atoms with Crippen molar-refractivity contribution in [3.8, 4) is 0 Å². The molecule has 0 atom stereocenters. The zero-order valence-electron chi connectivity index (χ0n) is 9.46. The molecule has 0 N–H and O–H groups in total. The van der Waals surface area contributed by atoms with E-state index in [1.807, 2.05) is 0 Å². The Balaban J connectivity index is 2.90. The molecule has 0 aromatic heterocycles. The van der Waals surface area contributed by atoms with Crippen molar-refractivity contribution in [2.45, 2.75) is 6.92 Å². The van der Waals surface area contributed by atoms with Crippen LogP contribution in [0.3, 0.4) is 0 Å². The SMILES string of the molecule is C=CC(=O)ON(C(=O)OCC)c1ccccc1. The summed E-state index contributed by atoms with van der Waals surface area (Å²) in [5.74, 6) is -0.734. The van der Waals surface area contributed by atoms with E-state index in [4.69, 9.17) is 9.57 Å². The minimum atomic E-state index is -0.756. The summed E-state index contributed by atoms with van der Waals surface area (Å²) in [4.78, 5) is 27.5. The number of para-hydroxylation sites is 1. The predicted octanol–water partition coefficient (Wildman–Crippen LogP) is 2.29. The van der Waals surface area contributed by atoms with E-state index in [9.17, 15) is 9.59 Å². The van der Waals surface area contributed by atoms with Crippen LogP contribution in [0.15, 0.2) is 43.0 Å². The van der Waals surface area contributed by atoms with Gasteiger partial charge in [-0.15, -0.1) is 5.06 Å². The molecular weight excluding hydrogens is 222 g/mol. The van der Waals surface area contributed by atoms with E-state index in [1.165, 1.54) is 0 Å². The Morgan fingerprint density at radius 2 is 2.00 bits per heavy atom. The molecule has 0 aliphatic carbocycles. The van der Waals surface area contributed by atoms with Gasteiger partial charge in [-0.05, 0) is 19.1 Å². The van der Waals surface area contributed by atoms with Crippen molar-refractivity contribution in [3.05, 3.63) is 43.0 Å². The van der Waals surface area contributed by atoms with Gasteiger partial charge in [-0.2, -0.15) is 0 Å². The Morgan fingerprint density at radius 1 is 1.35 bits per heavy atom. The highest BCUT2D eigenvalue weighted by atomic mass is 16.7. The van der Waals surface area contributed by atoms with Crippen molar-refractivity contribution in [2.75, 3.05) is 11.7 Å². The van der Waals surface area contributed by atoms with Crippen LogP contribution in [0.4, 0.5) is 10.5 Å². The van der Waals surface area contributed by atoms with Crippen LogP contribution in [0.5, 0.6) is 0 Å². The van der Waals surface area contributed by atoms with Gasteiger partial charge < -0.3 is 9.57 Å². The average molecular weight is 235 g/mol. The molecule has 0 spiro atoms. The molecule has 1 aromatic rings. The smallest absolute Gasteiger partial charge is 0.447 e. The van der Waals surface area contributed by atoms with E-state index in [0.29, 0.717) is 5.69 Å². The van der Waals surface area contributed by atoms with Crippen LogP contribution >= 0.6 is 0 Å². The van der Waals surface area contributed by atoms with Crippen molar-refractivity contribution in [3.63, 3.8) is 0 Å². The van der Waals surface area contributed by atoms with Crippen LogP contribution in [0.2, 0.25) is 0 Å². The number of hydrogen-bond acceptors (Lipinski definition) is 4. The first-order valence-corrected chi connectivity index (χ1v) is 5.05. The predicted molar refractivity (Wildman–Crippen MR) is 62.2 cm³/mol. The molecule has 1 amide bonds. The van der Waals surface area contributed by atoms with Crippen LogP contribution in [0.25, 0.3) is 0 Å². The van der Waals surface area contributed by atoms with Crippen LogP contribution < -0.4 is 5.06 Å². The highest BCUT2D eigenvalue weighted by molar-refractivity contribution is 5.90. The van der Waals surface area contributed by atoms with Gasteiger partial charge in [0.15, 0.2) is 0 Å². The number of hydrogen-bond donors (Lipinski definition) is 0. The number of nitrogens with zero attached hydrogens (tertiary/aromatic N) is 1. The summed E-state index contributed by atoms with van der Waals surface area (Å²) in [5.41, 5.74) is 0.404. The van der Waals surface area contributed by atoms with Gasteiger partial charge in [-0.25, -0.2) is 9.59 Å². The molecule has 0 radical (unpaired) electrons. The summed E-state index contributed by atoms with van der Waals surface area (Å²) in [5, 5.41) is 0.785. The third-order valence-electron chi connectivity index (χ3n) is 1.77. The van der Waals surface area contributed by atoms with Gasteiger partial charge in [-0.1, -0.05) is 24.8 Å². The number of benzene rings is 1. The topological polar surface area (TPSA) is 55.8 Å². The van der Waals surface area contributed by atoms with E-state index < -0.39 is 12.1 Å². The maximum absolute atomic E-state index is 11.6. The maximum Gasteiger partial charge on any atom is 0.448 e. The molecule has 0 unspecified atom stereocenters. The third kappa shape index (κ3) is 3.64. The molecule has 1 aromatic carbocycles. The number of carbonyl (C=O) groups is 2. The molecule has 0 fully saturated rings. The zero-order valence-corrected chi connectivity index (χ0v) is 9.46. The molecule has 0 aliphatic heterocycles. The Morgan fingerprint density at radius 3 is 2.53 bits per heavy atom. The summed E-state index contributed by atoms with van der Waals surface area (Å²) in [6, 6.07) is 8.44. The fourth-order valence-corrected chi connectivity index (χ4v) is 1.07. The van der Waals surface area contributed by atoms with Gasteiger partial charge in [0.1, 0.15) is 0 Å². The molecule has 5 heteroatoms. The van der Waals surface area contributed by atoms with Gasteiger partial charge >= 0.3 is 12.1 Å². The number of rotatable bonds is 3. The highest BCUT2D eigenvalue weighted by Gasteiger charge is 2.20. The minimum absolute atomic E-state index is 0.188. The van der Waals surface area contributed by atoms with Crippen molar-refractivity contribution in [1.29, 1.82) is 0 Å². The van der Waals surface area contributed by atoms with E-state index >= 15 is 0 Å². The molecule has 0 saturated carbocycles. The molecular formula is C12H13NO4. The average Bonchev–Trinajstić information content (AvgIpc) is 2.36.